The lowest BCUT2D eigenvalue weighted by Crippen LogP contribution is -2.70. The molecule has 0 spiro atoms. The Hall–Kier alpha value is -3.05. The number of carbonyl (C=O) groups excluding carboxylic acids is 2. The number of hydrogen-bond donors (Lipinski definition) is 14. The number of allylic oxidation sites excluding steroid dienone is 5. The van der Waals surface area contributed by atoms with Crippen LogP contribution in [0.25, 0.3) is 0 Å². The average Bonchev–Trinajstić information content (AvgIpc) is 0.784. The average molecular weight is 1370 g/mol. The third-order valence-corrected chi connectivity index (χ3v) is 18.8. The van der Waals surface area contributed by atoms with Gasteiger partial charge in [-0.25, -0.2) is 4.79 Å². The Morgan fingerprint density at radius 3 is 1.52 bits per heavy atom. The van der Waals surface area contributed by atoms with Crippen LogP contribution in [0.1, 0.15) is 271 Å². The second kappa shape index (κ2) is 52.9. The first-order valence-electron chi connectivity index (χ1n) is 37.4. The minimum Gasteiger partial charge on any atom is -0.477 e. The van der Waals surface area contributed by atoms with Crippen molar-refractivity contribution in [3.05, 3.63) is 36.5 Å². The Kier molecular flexibility index (Phi) is 48.0. The molecule has 0 aromatic rings. The standard InChI is InChI=1S/C73H132N2O21/c1-4-6-8-10-12-14-16-18-20-22-24-26-28-30-32-34-36-38-40-42-44-46-55(80)54(75-60(83)47-45-43-41-39-37-35-33-31-29-27-25-23-21-19-17-15-13-11-9-7-5-2)52-91-70-65(87)64(86)67(59(51-78)93-70)94-71-66(88)69(63(85)58(50-77)92-71)96-73(72(89)90)48-56(81)61(74-53(3)79)68(95-73)62(84)57(82)49-76/h7,9,13,15,44,46,54-59,61-71,76-78,80-82,84-88H,4-6,8,10-12,14,16-43,45,47-52H2,1-3H3,(H,74,79)(H,75,83)(H,89,90)/b9-7-,15-13-,46-44+. The highest BCUT2D eigenvalue weighted by atomic mass is 16.8. The maximum Gasteiger partial charge on any atom is 0.364 e. The molecule has 3 heterocycles. The molecule has 0 aromatic heterocycles. The number of carbonyl (C=O) groups is 3. The van der Waals surface area contributed by atoms with E-state index >= 15 is 0 Å². The molecule has 23 nitrogen and oxygen atoms in total. The summed E-state index contributed by atoms with van der Waals surface area (Å²) in [4.78, 5) is 38.6. The maximum atomic E-state index is 13.5. The molecule has 3 aliphatic heterocycles. The van der Waals surface area contributed by atoms with E-state index in [1.807, 2.05) is 6.08 Å². The first kappa shape index (κ1) is 87.2. The number of carboxylic acids is 1. The number of amides is 2. The van der Waals surface area contributed by atoms with E-state index < -0.39 is 155 Å². The number of rotatable bonds is 57. The van der Waals surface area contributed by atoms with Gasteiger partial charge >= 0.3 is 5.97 Å². The number of aliphatic hydroxyl groups is 11. The summed E-state index contributed by atoms with van der Waals surface area (Å²) < 4.78 is 34.9. The van der Waals surface area contributed by atoms with E-state index in [0.717, 1.165) is 64.7 Å². The number of carboxylic acid groups (broad SMARTS) is 1. The molecule has 14 N–H and O–H groups in total. The zero-order chi connectivity index (χ0) is 70.4. The number of nitrogens with one attached hydrogen (secondary N) is 2. The third-order valence-electron chi connectivity index (χ3n) is 18.8. The van der Waals surface area contributed by atoms with Gasteiger partial charge in [0.05, 0.1) is 50.7 Å². The van der Waals surface area contributed by atoms with Gasteiger partial charge in [0.1, 0.15) is 67.1 Å². The third kappa shape index (κ3) is 34.1. The summed E-state index contributed by atoms with van der Waals surface area (Å²) in [6.07, 6.45) is 27.5. The number of aliphatic hydroxyl groups excluding tert-OH is 11. The lowest BCUT2D eigenvalue weighted by Gasteiger charge is -2.50. The molecule has 18 unspecified atom stereocenters. The van der Waals surface area contributed by atoms with Crippen LogP contribution < -0.4 is 10.6 Å². The number of aliphatic carboxylic acids is 1. The Balaban J connectivity index is 1.57. The molecule has 0 aromatic carbocycles. The topological polar surface area (TPSA) is 373 Å². The van der Waals surface area contributed by atoms with Crippen LogP contribution in [0.2, 0.25) is 0 Å². The highest BCUT2D eigenvalue weighted by Crippen LogP contribution is 2.39. The fraction of sp³-hybridized carbons (Fsp3) is 0.877. The minimum absolute atomic E-state index is 0.200. The van der Waals surface area contributed by atoms with Crippen LogP contribution in [-0.4, -0.2) is 215 Å². The van der Waals surface area contributed by atoms with Gasteiger partial charge in [0.25, 0.3) is 5.79 Å². The normalized spacial score (nSPS) is 27.8. The van der Waals surface area contributed by atoms with E-state index in [0.29, 0.717) is 12.8 Å². The zero-order valence-corrected chi connectivity index (χ0v) is 58.7. The quantitative estimate of drug-likeness (QED) is 0.0201. The predicted molar refractivity (Wildman–Crippen MR) is 366 cm³/mol. The first-order valence-corrected chi connectivity index (χ1v) is 37.4. The summed E-state index contributed by atoms with van der Waals surface area (Å²) in [7, 11) is 0. The van der Waals surface area contributed by atoms with Gasteiger partial charge in [0.2, 0.25) is 11.8 Å². The SMILES string of the molecule is CC/C=C\C/C=C\CCCCCCCCCCCCCCCCC(=O)NC(COC1OC(CO)C(OC2OC(CO)C(O)C(OC3(C(=O)O)CC(O)C(NC(C)=O)C(C(O)C(O)CO)O3)C2O)C(O)C1O)C(O)/C=C/CCCCCCCCCCCCCCCCCCCCC. The van der Waals surface area contributed by atoms with E-state index in [1.165, 1.54) is 167 Å². The molecule has 23 heteroatoms. The van der Waals surface area contributed by atoms with E-state index in [2.05, 4.69) is 48.8 Å². The van der Waals surface area contributed by atoms with Crippen molar-refractivity contribution in [1.29, 1.82) is 0 Å². The molecule has 560 valence electrons. The number of ether oxygens (including phenoxy) is 6. The van der Waals surface area contributed by atoms with Gasteiger partial charge < -0.3 is 100 Å². The molecular formula is C73H132N2O21. The highest BCUT2D eigenvalue weighted by molar-refractivity contribution is 5.77. The van der Waals surface area contributed by atoms with Crippen LogP contribution in [0.4, 0.5) is 0 Å². The molecule has 3 fully saturated rings. The molecule has 0 saturated carbocycles. The molecular weight excluding hydrogens is 1240 g/mol. The van der Waals surface area contributed by atoms with E-state index in [1.54, 1.807) is 6.08 Å². The van der Waals surface area contributed by atoms with Crippen LogP contribution in [0.3, 0.4) is 0 Å². The van der Waals surface area contributed by atoms with E-state index in [4.69, 9.17) is 28.4 Å². The Morgan fingerprint density at radius 1 is 0.562 bits per heavy atom. The van der Waals surface area contributed by atoms with Gasteiger partial charge in [-0.05, 0) is 44.9 Å². The summed E-state index contributed by atoms with van der Waals surface area (Å²) in [6.45, 7) is 2.06. The second-order valence-electron chi connectivity index (χ2n) is 27.1. The van der Waals surface area contributed by atoms with Crippen molar-refractivity contribution in [3.8, 4) is 0 Å². The van der Waals surface area contributed by atoms with Crippen molar-refractivity contribution >= 4 is 17.8 Å². The molecule has 2 amide bonds. The van der Waals surface area contributed by atoms with Gasteiger partial charge in [0.15, 0.2) is 12.6 Å². The van der Waals surface area contributed by atoms with Gasteiger partial charge in [-0.15, -0.1) is 0 Å². The Labute approximate surface area is 574 Å². The van der Waals surface area contributed by atoms with Gasteiger partial charge in [-0.1, -0.05) is 243 Å². The van der Waals surface area contributed by atoms with Crippen molar-refractivity contribution in [2.75, 3.05) is 26.4 Å². The fourth-order valence-electron chi connectivity index (χ4n) is 12.9. The van der Waals surface area contributed by atoms with Crippen LogP contribution >= 0.6 is 0 Å². The fourth-order valence-corrected chi connectivity index (χ4v) is 12.9. The summed E-state index contributed by atoms with van der Waals surface area (Å²) in [6, 6.07) is -2.62. The van der Waals surface area contributed by atoms with Gasteiger partial charge in [0, 0.05) is 19.8 Å². The highest BCUT2D eigenvalue weighted by Gasteiger charge is 2.60. The molecule has 3 aliphatic rings. The Morgan fingerprint density at radius 2 is 1.04 bits per heavy atom. The lowest BCUT2D eigenvalue weighted by molar-refractivity contribution is -0.386. The summed E-state index contributed by atoms with van der Waals surface area (Å²) in [5.41, 5.74) is 0. The first-order chi connectivity index (χ1) is 46.4. The van der Waals surface area contributed by atoms with Crippen LogP contribution in [0.15, 0.2) is 36.5 Å². The summed E-state index contributed by atoms with van der Waals surface area (Å²) >= 11 is 0. The van der Waals surface area contributed by atoms with Crippen molar-refractivity contribution in [1.82, 2.24) is 10.6 Å². The monoisotopic (exact) mass is 1370 g/mol. The molecule has 0 bridgehead atoms. The second-order valence-corrected chi connectivity index (χ2v) is 27.1. The summed E-state index contributed by atoms with van der Waals surface area (Å²) in [5, 5.41) is 136. The van der Waals surface area contributed by atoms with E-state index in [-0.39, 0.29) is 12.3 Å². The molecule has 3 rings (SSSR count). The van der Waals surface area contributed by atoms with Gasteiger partial charge in [-0.3, -0.25) is 9.59 Å². The molecule has 0 radical (unpaired) electrons. The smallest absolute Gasteiger partial charge is 0.364 e. The number of hydrogen-bond acceptors (Lipinski definition) is 20. The van der Waals surface area contributed by atoms with Gasteiger partial charge in [-0.2, -0.15) is 0 Å². The largest absolute Gasteiger partial charge is 0.477 e. The minimum atomic E-state index is -3.08. The molecule has 0 aliphatic carbocycles. The predicted octanol–water partition coefficient (Wildman–Crippen LogP) is 8.18. The Bertz CT molecular complexity index is 2070. The van der Waals surface area contributed by atoms with Crippen molar-refractivity contribution < 1.29 is 104 Å². The summed E-state index contributed by atoms with van der Waals surface area (Å²) in [5.74, 6) is -6.14. The van der Waals surface area contributed by atoms with Crippen molar-refractivity contribution in [3.63, 3.8) is 0 Å². The molecule has 3 saturated heterocycles. The molecule has 18 atom stereocenters. The number of unbranched alkanes of at least 4 members (excludes halogenated alkanes) is 33. The van der Waals surface area contributed by atoms with Crippen LogP contribution in [0.5, 0.6) is 0 Å². The van der Waals surface area contributed by atoms with E-state index in [9.17, 15) is 75.7 Å². The van der Waals surface area contributed by atoms with Crippen molar-refractivity contribution in [2.24, 2.45) is 0 Å². The van der Waals surface area contributed by atoms with Crippen molar-refractivity contribution in [2.45, 2.75) is 381 Å². The van der Waals surface area contributed by atoms with Crippen LogP contribution in [0, 0.1) is 0 Å². The molecule has 96 heavy (non-hydrogen) atoms. The van der Waals surface area contributed by atoms with Crippen LogP contribution in [-0.2, 0) is 42.8 Å². The zero-order valence-electron chi connectivity index (χ0n) is 58.7. The maximum absolute atomic E-state index is 13.5. The lowest BCUT2D eigenvalue weighted by atomic mass is 9.88.